The summed E-state index contributed by atoms with van der Waals surface area (Å²) >= 11 is 12.8. The normalized spacial score (nSPS) is 18.3. The van der Waals surface area contributed by atoms with Gasteiger partial charge in [0.1, 0.15) is 17.5 Å². The van der Waals surface area contributed by atoms with E-state index in [1.807, 2.05) is 29.2 Å². The second-order valence-electron chi connectivity index (χ2n) is 6.39. The average molecular weight is 410 g/mol. The molecular weight excluding hydrogens is 389 g/mol. The summed E-state index contributed by atoms with van der Waals surface area (Å²) in [5.41, 5.74) is 1.53. The third kappa shape index (κ3) is 3.86. The van der Waals surface area contributed by atoms with Crippen molar-refractivity contribution < 1.29 is 19.4 Å². The largest absolute Gasteiger partial charge is 0.497 e. The molecule has 27 heavy (non-hydrogen) atoms. The second kappa shape index (κ2) is 8.38. The third-order valence-corrected chi connectivity index (χ3v) is 5.75. The molecule has 3 rings (SSSR count). The molecule has 0 aliphatic carbocycles. The van der Waals surface area contributed by atoms with Crippen LogP contribution in [-0.4, -0.2) is 42.8 Å². The lowest BCUT2D eigenvalue weighted by Gasteiger charge is -2.33. The molecule has 0 amide bonds. The zero-order chi connectivity index (χ0) is 19.6. The van der Waals surface area contributed by atoms with Crippen molar-refractivity contribution in [3.05, 3.63) is 57.6 Å². The van der Waals surface area contributed by atoms with Crippen molar-refractivity contribution in [2.45, 2.75) is 24.9 Å². The molecule has 5 nitrogen and oxygen atoms in total. The van der Waals surface area contributed by atoms with Gasteiger partial charge in [-0.2, -0.15) is 0 Å². The van der Waals surface area contributed by atoms with Crippen molar-refractivity contribution in [2.24, 2.45) is 0 Å². The average Bonchev–Trinajstić information content (AvgIpc) is 3.15. The smallest absolute Gasteiger partial charge is 0.320 e. The van der Waals surface area contributed by atoms with Crippen molar-refractivity contribution in [1.29, 1.82) is 0 Å². The number of carboxylic acids is 1. The van der Waals surface area contributed by atoms with Crippen LogP contribution in [-0.2, 0) is 4.79 Å². The van der Waals surface area contributed by atoms with Crippen molar-refractivity contribution in [2.75, 3.05) is 20.8 Å². The van der Waals surface area contributed by atoms with Crippen LogP contribution in [0.2, 0.25) is 10.0 Å². The summed E-state index contributed by atoms with van der Waals surface area (Å²) in [4.78, 5) is 13.8. The van der Waals surface area contributed by atoms with E-state index in [1.165, 1.54) is 0 Å². The van der Waals surface area contributed by atoms with Crippen LogP contribution in [0.5, 0.6) is 11.5 Å². The predicted molar refractivity (Wildman–Crippen MR) is 105 cm³/mol. The number of benzene rings is 2. The Labute approximate surface area is 168 Å². The summed E-state index contributed by atoms with van der Waals surface area (Å²) in [6.07, 6.45) is 1.37. The van der Waals surface area contributed by atoms with Crippen LogP contribution in [0.25, 0.3) is 0 Å². The fourth-order valence-corrected chi connectivity index (χ4v) is 4.08. The number of halogens is 2. The number of rotatable bonds is 6. The highest BCUT2D eigenvalue weighted by atomic mass is 35.5. The van der Waals surface area contributed by atoms with Gasteiger partial charge in [0.2, 0.25) is 0 Å². The Morgan fingerprint density at radius 3 is 2.63 bits per heavy atom. The number of carboxylic acid groups (broad SMARTS) is 1. The van der Waals surface area contributed by atoms with Gasteiger partial charge in [-0.05, 0) is 42.7 Å². The van der Waals surface area contributed by atoms with Crippen molar-refractivity contribution in [1.82, 2.24) is 4.90 Å². The zero-order valence-corrected chi connectivity index (χ0v) is 16.6. The Morgan fingerprint density at radius 1 is 1.19 bits per heavy atom. The van der Waals surface area contributed by atoms with Gasteiger partial charge in [-0.1, -0.05) is 35.3 Å². The minimum absolute atomic E-state index is 0.407. The number of likely N-dealkylation sites (tertiary alicyclic amines) is 1. The minimum atomic E-state index is -0.850. The van der Waals surface area contributed by atoms with Gasteiger partial charge < -0.3 is 14.6 Å². The van der Waals surface area contributed by atoms with Crippen LogP contribution in [0.4, 0.5) is 0 Å². The Morgan fingerprint density at radius 2 is 1.96 bits per heavy atom. The molecule has 1 N–H and O–H groups in total. The summed E-state index contributed by atoms with van der Waals surface area (Å²) in [7, 11) is 3.17. The Bertz CT molecular complexity index is 843. The molecule has 2 aromatic rings. The molecule has 0 spiro atoms. The first-order valence-electron chi connectivity index (χ1n) is 8.62. The third-order valence-electron chi connectivity index (χ3n) is 4.92. The Balaban J connectivity index is 2.22. The maximum absolute atomic E-state index is 11.9. The summed E-state index contributed by atoms with van der Waals surface area (Å²) in [5, 5.41) is 10.6. The van der Waals surface area contributed by atoms with Crippen LogP contribution >= 0.6 is 23.2 Å². The maximum atomic E-state index is 11.9. The monoisotopic (exact) mass is 409 g/mol. The molecule has 1 aliphatic heterocycles. The highest BCUT2D eigenvalue weighted by Crippen LogP contribution is 2.43. The predicted octanol–water partition coefficient (Wildman–Crippen LogP) is 4.65. The molecule has 1 saturated heterocycles. The first-order valence-corrected chi connectivity index (χ1v) is 9.38. The van der Waals surface area contributed by atoms with Crippen LogP contribution in [0.1, 0.15) is 30.0 Å². The van der Waals surface area contributed by atoms with E-state index in [1.54, 1.807) is 26.4 Å². The van der Waals surface area contributed by atoms with E-state index < -0.39 is 18.1 Å². The number of hydrogen-bond acceptors (Lipinski definition) is 4. The van der Waals surface area contributed by atoms with Gasteiger partial charge in [-0.3, -0.25) is 9.69 Å². The van der Waals surface area contributed by atoms with Crippen molar-refractivity contribution in [3.63, 3.8) is 0 Å². The number of carbonyl (C=O) groups is 1. The number of nitrogens with zero attached hydrogens (tertiary/aromatic N) is 1. The molecule has 7 heteroatoms. The molecule has 1 fully saturated rings. The molecule has 2 atom stereocenters. The first kappa shape index (κ1) is 19.8. The van der Waals surface area contributed by atoms with E-state index in [0.29, 0.717) is 34.5 Å². The van der Waals surface area contributed by atoms with Gasteiger partial charge in [-0.15, -0.1) is 0 Å². The van der Waals surface area contributed by atoms with Crippen molar-refractivity contribution in [3.8, 4) is 11.5 Å². The van der Waals surface area contributed by atoms with Gasteiger partial charge >= 0.3 is 5.97 Å². The van der Waals surface area contributed by atoms with E-state index in [-0.39, 0.29) is 0 Å². The van der Waals surface area contributed by atoms with Gasteiger partial charge in [-0.25, -0.2) is 0 Å². The van der Waals surface area contributed by atoms with Crippen molar-refractivity contribution >= 4 is 29.2 Å². The number of methoxy groups -OCH3 is 2. The van der Waals surface area contributed by atoms with E-state index in [2.05, 4.69) is 0 Å². The topological polar surface area (TPSA) is 59.0 Å². The lowest BCUT2D eigenvalue weighted by atomic mass is 9.95. The molecule has 0 saturated carbocycles. The number of aliphatic carboxylic acids is 1. The summed E-state index contributed by atoms with van der Waals surface area (Å²) in [5.74, 6) is 0.436. The summed E-state index contributed by atoms with van der Waals surface area (Å²) in [6, 6.07) is 9.84. The molecule has 0 bridgehead atoms. The zero-order valence-electron chi connectivity index (χ0n) is 15.1. The van der Waals surface area contributed by atoms with Gasteiger partial charge in [0.25, 0.3) is 0 Å². The fourth-order valence-electron chi connectivity index (χ4n) is 3.67. The molecule has 2 unspecified atom stereocenters. The highest BCUT2D eigenvalue weighted by Gasteiger charge is 2.39. The molecule has 0 radical (unpaired) electrons. The molecule has 1 heterocycles. The van der Waals surface area contributed by atoms with Gasteiger partial charge in [0, 0.05) is 12.1 Å². The van der Waals surface area contributed by atoms with Crippen LogP contribution in [0, 0.1) is 0 Å². The molecule has 144 valence electrons. The lowest BCUT2D eigenvalue weighted by Crippen LogP contribution is -2.39. The van der Waals surface area contributed by atoms with Gasteiger partial charge in [0.05, 0.1) is 30.3 Å². The molecule has 1 aliphatic rings. The van der Waals surface area contributed by atoms with Gasteiger partial charge in [0.15, 0.2) is 0 Å². The lowest BCUT2D eigenvalue weighted by molar-refractivity contribution is -0.142. The Hall–Kier alpha value is -1.95. The van der Waals surface area contributed by atoms with E-state index in [4.69, 9.17) is 32.7 Å². The first-order chi connectivity index (χ1) is 13.0. The van der Waals surface area contributed by atoms with E-state index >= 15 is 0 Å². The fraction of sp³-hybridized carbons (Fsp3) is 0.350. The highest BCUT2D eigenvalue weighted by molar-refractivity contribution is 6.42. The summed E-state index contributed by atoms with van der Waals surface area (Å²) in [6.45, 7) is 0.630. The second-order valence-corrected chi connectivity index (χ2v) is 7.17. The number of ether oxygens (including phenoxy) is 2. The molecule has 2 aromatic carbocycles. The van der Waals surface area contributed by atoms with Crippen LogP contribution in [0.3, 0.4) is 0 Å². The minimum Gasteiger partial charge on any atom is -0.497 e. The SMILES string of the molecule is COc1ccc(OC)c(C(c2cccc(Cl)c2Cl)N2CCCC2C(=O)O)c1. The summed E-state index contributed by atoms with van der Waals surface area (Å²) < 4.78 is 10.9. The standard InChI is InChI=1S/C20H21Cl2NO4/c1-26-12-8-9-17(27-2)14(11-12)19(13-5-3-6-15(21)18(13)22)23-10-4-7-16(23)20(24)25/h3,5-6,8-9,11,16,19H,4,7,10H2,1-2H3,(H,24,25). The van der Waals surface area contributed by atoms with E-state index in [9.17, 15) is 9.90 Å². The van der Waals surface area contributed by atoms with Crippen LogP contribution < -0.4 is 9.47 Å². The Kier molecular flexibility index (Phi) is 6.15. The molecular formula is C20H21Cl2NO4. The maximum Gasteiger partial charge on any atom is 0.320 e. The van der Waals surface area contributed by atoms with E-state index in [0.717, 1.165) is 17.5 Å². The van der Waals surface area contributed by atoms with Crippen LogP contribution in [0.15, 0.2) is 36.4 Å². The number of hydrogen-bond donors (Lipinski definition) is 1. The molecule has 0 aromatic heterocycles. The quantitative estimate of drug-likeness (QED) is 0.752.